The van der Waals surface area contributed by atoms with Crippen molar-refractivity contribution in [2.45, 2.75) is 13.0 Å². The van der Waals surface area contributed by atoms with Gasteiger partial charge >= 0.3 is 0 Å². The van der Waals surface area contributed by atoms with Crippen LogP contribution in [0, 0.1) is 0 Å². The summed E-state index contributed by atoms with van der Waals surface area (Å²) in [5.41, 5.74) is 1.24. The van der Waals surface area contributed by atoms with Crippen LogP contribution in [0.25, 0.3) is 0 Å². The van der Waals surface area contributed by atoms with Gasteiger partial charge in [0, 0.05) is 36.9 Å². The summed E-state index contributed by atoms with van der Waals surface area (Å²) in [5.74, 6) is -0.147. The summed E-state index contributed by atoms with van der Waals surface area (Å²) in [6.07, 6.45) is 0. The van der Waals surface area contributed by atoms with Crippen molar-refractivity contribution in [2.24, 2.45) is 0 Å². The molecule has 1 aromatic carbocycles. The quantitative estimate of drug-likeness (QED) is 0.909. The number of carbonyl (C=O) groups is 2. The predicted octanol–water partition coefficient (Wildman–Crippen LogP) is 2.43. The Morgan fingerprint density at radius 2 is 2.17 bits per heavy atom. The second kappa shape index (κ2) is 6.93. The van der Waals surface area contributed by atoms with Crippen molar-refractivity contribution in [1.82, 2.24) is 10.2 Å². The first-order chi connectivity index (χ1) is 11.1. The van der Waals surface area contributed by atoms with Crippen LogP contribution in [0.1, 0.15) is 27.0 Å². The van der Waals surface area contributed by atoms with Crippen LogP contribution in [0.2, 0.25) is 0 Å². The molecule has 0 saturated carbocycles. The summed E-state index contributed by atoms with van der Waals surface area (Å²) in [5, 5.41) is 7.98. The van der Waals surface area contributed by atoms with E-state index in [1.165, 1.54) is 11.3 Å². The third-order valence-corrected chi connectivity index (χ3v) is 4.74. The highest BCUT2D eigenvalue weighted by Crippen LogP contribution is 2.17. The zero-order valence-corrected chi connectivity index (χ0v) is 13.7. The Hall–Kier alpha value is -2.18. The van der Waals surface area contributed by atoms with Crippen LogP contribution < -0.4 is 10.6 Å². The van der Waals surface area contributed by atoms with Gasteiger partial charge in [-0.3, -0.25) is 9.59 Å². The molecule has 3 rings (SSSR count). The fourth-order valence-electron chi connectivity index (χ4n) is 2.64. The molecule has 0 aliphatic carbocycles. The average molecular weight is 329 g/mol. The smallest absolute Gasteiger partial charge is 0.265 e. The molecule has 2 heterocycles. The van der Waals surface area contributed by atoms with E-state index in [4.69, 9.17) is 0 Å². The van der Waals surface area contributed by atoms with Gasteiger partial charge in [-0.1, -0.05) is 12.1 Å². The molecular weight excluding hydrogens is 310 g/mol. The molecule has 0 bridgehead atoms. The fourth-order valence-corrected chi connectivity index (χ4v) is 3.26. The van der Waals surface area contributed by atoms with E-state index in [0.29, 0.717) is 22.7 Å². The number of amides is 2. The Labute approximate surface area is 139 Å². The topological polar surface area (TPSA) is 61.4 Å². The van der Waals surface area contributed by atoms with E-state index in [0.717, 1.165) is 13.1 Å². The van der Waals surface area contributed by atoms with Gasteiger partial charge in [-0.2, -0.15) is 0 Å². The number of rotatable bonds is 3. The number of nitrogens with zero attached hydrogens (tertiary/aromatic N) is 1. The maximum absolute atomic E-state index is 12.7. The molecule has 23 heavy (non-hydrogen) atoms. The normalized spacial score (nSPS) is 17.8. The van der Waals surface area contributed by atoms with E-state index >= 15 is 0 Å². The van der Waals surface area contributed by atoms with E-state index in [1.54, 1.807) is 30.3 Å². The molecule has 1 atom stereocenters. The van der Waals surface area contributed by atoms with Crippen LogP contribution in [-0.4, -0.2) is 42.4 Å². The molecule has 2 amide bonds. The van der Waals surface area contributed by atoms with Gasteiger partial charge in [0.2, 0.25) is 0 Å². The van der Waals surface area contributed by atoms with Crippen molar-refractivity contribution in [3.63, 3.8) is 0 Å². The number of piperazine rings is 1. The van der Waals surface area contributed by atoms with Crippen molar-refractivity contribution >= 4 is 28.8 Å². The summed E-state index contributed by atoms with van der Waals surface area (Å²) >= 11 is 1.39. The fraction of sp³-hybridized carbons (Fsp3) is 0.294. The summed E-state index contributed by atoms with van der Waals surface area (Å²) in [7, 11) is 0. The molecule has 5 nitrogen and oxygen atoms in total. The molecule has 2 N–H and O–H groups in total. The monoisotopic (exact) mass is 329 g/mol. The first-order valence-electron chi connectivity index (χ1n) is 7.62. The predicted molar refractivity (Wildman–Crippen MR) is 92.1 cm³/mol. The van der Waals surface area contributed by atoms with Gasteiger partial charge in [0.15, 0.2) is 0 Å². The van der Waals surface area contributed by atoms with Crippen LogP contribution in [0.3, 0.4) is 0 Å². The SMILES string of the molecule is C[C@@H]1CNCCN1C(=O)c1cccc(NC(=O)c2cccs2)c1. The number of anilines is 1. The van der Waals surface area contributed by atoms with Gasteiger partial charge in [0.05, 0.1) is 4.88 Å². The summed E-state index contributed by atoms with van der Waals surface area (Å²) in [4.78, 5) is 27.3. The highest BCUT2D eigenvalue weighted by molar-refractivity contribution is 7.12. The lowest BCUT2D eigenvalue weighted by Crippen LogP contribution is -2.52. The van der Waals surface area contributed by atoms with E-state index in [9.17, 15) is 9.59 Å². The van der Waals surface area contributed by atoms with Crippen LogP contribution in [0.5, 0.6) is 0 Å². The molecule has 6 heteroatoms. The van der Waals surface area contributed by atoms with Gasteiger partial charge in [-0.15, -0.1) is 11.3 Å². The van der Waals surface area contributed by atoms with Crippen LogP contribution in [0.4, 0.5) is 5.69 Å². The third kappa shape index (κ3) is 3.60. The molecule has 0 spiro atoms. The summed E-state index contributed by atoms with van der Waals surface area (Å²) in [6.45, 7) is 4.35. The zero-order chi connectivity index (χ0) is 16.2. The minimum absolute atomic E-state index is 0.00576. The van der Waals surface area contributed by atoms with E-state index in [2.05, 4.69) is 10.6 Å². The second-order valence-electron chi connectivity index (χ2n) is 5.56. The van der Waals surface area contributed by atoms with Gasteiger partial charge in [-0.05, 0) is 36.6 Å². The van der Waals surface area contributed by atoms with Gasteiger partial charge in [-0.25, -0.2) is 0 Å². The molecule has 1 fully saturated rings. The molecule has 2 aromatic rings. The van der Waals surface area contributed by atoms with E-state index in [-0.39, 0.29) is 17.9 Å². The Kier molecular flexibility index (Phi) is 4.73. The van der Waals surface area contributed by atoms with E-state index in [1.807, 2.05) is 23.3 Å². The summed E-state index contributed by atoms with van der Waals surface area (Å²) in [6, 6.07) is 10.9. The molecular formula is C17H19N3O2S. The van der Waals surface area contributed by atoms with Crippen molar-refractivity contribution in [3.05, 3.63) is 52.2 Å². The van der Waals surface area contributed by atoms with Gasteiger partial charge in [0.25, 0.3) is 11.8 Å². The number of carbonyl (C=O) groups excluding carboxylic acids is 2. The van der Waals surface area contributed by atoms with Crippen LogP contribution >= 0.6 is 11.3 Å². The Bertz CT molecular complexity index is 700. The number of hydrogen-bond donors (Lipinski definition) is 2. The minimum Gasteiger partial charge on any atom is -0.333 e. The molecule has 0 unspecified atom stereocenters. The second-order valence-corrected chi connectivity index (χ2v) is 6.51. The van der Waals surface area contributed by atoms with Gasteiger partial charge in [0.1, 0.15) is 0 Å². The van der Waals surface area contributed by atoms with Crippen molar-refractivity contribution in [1.29, 1.82) is 0 Å². The number of benzene rings is 1. The molecule has 120 valence electrons. The first kappa shape index (κ1) is 15.7. The number of nitrogens with one attached hydrogen (secondary N) is 2. The Morgan fingerprint density at radius 1 is 1.30 bits per heavy atom. The highest BCUT2D eigenvalue weighted by Gasteiger charge is 2.24. The zero-order valence-electron chi connectivity index (χ0n) is 12.9. The van der Waals surface area contributed by atoms with Crippen molar-refractivity contribution in [3.8, 4) is 0 Å². The molecule has 0 radical (unpaired) electrons. The lowest BCUT2D eigenvalue weighted by Gasteiger charge is -2.34. The maximum atomic E-state index is 12.7. The minimum atomic E-state index is -0.153. The van der Waals surface area contributed by atoms with E-state index < -0.39 is 0 Å². The molecule has 1 saturated heterocycles. The number of hydrogen-bond acceptors (Lipinski definition) is 4. The molecule has 1 aliphatic rings. The van der Waals surface area contributed by atoms with Crippen LogP contribution in [-0.2, 0) is 0 Å². The summed E-state index contributed by atoms with van der Waals surface area (Å²) < 4.78 is 0. The maximum Gasteiger partial charge on any atom is 0.265 e. The van der Waals surface area contributed by atoms with Gasteiger partial charge < -0.3 is 15.5 Å². The average Bonchev–Trinajstić information content (AvgIpc) is 3.09. The Balaban J connectivity index is 1.74. The first-order valence-corrected chi connectivity index (χ1v) is 8.50. The van der Waals surface area contributed by atoms with Crippen molar-refractivity contribution in [2.75, 3.05) is 25.0 Å². The Morgan fingerprint density at radius 3 is 2.91 bits per heavy atom. The van der Waals surface area contributed by atoms with Crippen molar-refractivity contribution < 1.29 is 9.59 Å². The third-order valence-electron chi connectivity index (χ3n) is 3.87. The molecule has 1 aromatic heterocycles. The highest BCUT2D eigenvalue weighted by atomic mass is 32.1. The largest absolute Gasteiger partial charge is 0.333 e. The molecule has 1 aliphatic heterocycles. The lowest BCUT2D eigenvalue weighted by molar-refractivity contribution is 0.0655. The lowest BCUT2D eigenvalue weighted by atomic mass is 10.1. The van der Waals surface area contributed by atoms with Crippen LogP contribution in [0.15, 0.2) is 41.8 Å². The number of thiophene rings is 1. The standard InChI is InChI=1S/C17H19N3O2S/c1-12-11-18-7-8-20(12)17(22)13-4-2-5-14(10-13)19-16(21)15-6-3-9-23-15/h2-6,9-10,12,18H,7-8,11H2,1H3,(H,19,21)/t12-/m1/s1.